The monoisotopic (exact) mass is 420 g/mol. The van der Waals surface area contributed by atoms with Crippen LogP contribution in [0.3, 0.4) is 0 Å². The summed E-state index contributed by atoms with van der Waals surface area (Å²) in [4.78, 5) is 0. The second-order valence-corrected chi connectivity index (χ2v) is 9.68. The predicted molar refractivity (Wildman–Crippen MR) is 132 cm³/mol. The van der Waals surface area contributed by atoms with Crippen molar-refractivity contribution >= 4 is 45.3 Å². The summed E-state index contributed by atoms with van der Waals surface area (Å²) in [6.45, 7) is 8.37. The molecule has 158 valence electrons. The summed E-state index contributed by atoms with van der Waals surface area (Å²) >= 11 is 0. The third-order valence-electron chi connectivity index (χ3n) is 7.11. The largest absolute Gasteiger partial charge is 0.495 e. The molecule has 0 spiro atoms. The molecule has 0 radical (unpaired) electrons. The predicted octanol–water partition coefficient (Wildman–Crippen LogP) is 6.71. The van der Waals surface area contributed by atoms with E-state index in [1.807, 2.05) is 18.2 Å². The van der Waals surface area contributed by atoms with Crippen LogP contribution in [0.2, 0.25) is 0 Å². The summed E-state index contributed by atoms with van der Waals surface area (Å²) in [6.07, 6.45) is 0. The van der Waals surface area contributed by atoms with E-state index in [4.69, 9.17) is 13.7 Å². The van der Waals surface area contributed by atoms with Crippen LogP contribution in [0.15, 0.2) is 83.3 Å². The van der Waals surface area contributed by atoms with Crippen molar-refractivity contribution in [1.29, 1.82) is 0 Å². The Morgan fingerprint density at radius 1 is 0.594 bits per heavy atom. The molecule has 0 N–H and O–H groups in total. The molecule has 0 amide bonds. The Morgan fingerprint density at radius 3 is 2.03 bits per heavy atom. The molecule has 1 aliphatic heterocycles. The number of para-hydroxylation sites is 1. The first-order valence-corrected chi connectivity index (χ1v) is 11.1. The molecule has 0 unspecified atom stereocenters. The maximum absolute atomic E-state index is 6.42. The second kappa shape index (κ2) is 6.71. The molecule has 5 aromatic rings. The van der Waals surface area contributed by atoms with E-state index in [2.05, 4.69) is 88.4 Å². The number of hydrogen-bond acceptors (Lipinski definition) is 3. The molecule has 32 heavy (non-hydrogen) atoms. The molecule has 0 aliphatic carbocycles. The lowest BCUT2D eigenvalue weighted by atomic mass is 9.74. The summed E-state index contributed by atoms with van der Waals surface area (Å²) in [5.41, 5.74) is 4.33. The highest BCUT2D eigenvalue weighted by Crippen LogP contribution is 2.38. The van der Waals surface area contributed by atoms with Crippen LogP contribution in [0.1, 0.15) is 27.7 Å². The highest BCUT2D eigenvalue weighted by Gasteiger charge is 2.52. The van der Waals surface area contributed by atoms with Crippen molar-refractivity contribution in [3.8, 4) is 11.1 Å². The highest BCUT2D eigenvalue weighted by atomic mass is 16.7. The van der Waals surface area contributed by atoms with E-state index in [-0.39, 0.29) is 11.2 Å². The van der Waals surface area contributed by atoms with Gasteiger partial charge in [0.1, 0.15) is 11.2 Å². The first-order chi connectivity index (χ1) is 15.3. The molecule has 0 bridgehead atoms. The summed E-state index contributed by atoms with van der Waals surface area (Å²) in [5, 5.41) is 4.60. The van der Waals surface area contributed by atoms with Crippen LogP contribution in [0, 0.1) is 0 Å². The average molecular weight is 420 g/mol. The van der Waals surface area contributed by atoms with Gasteiger partial charge in [-0.3, -0.25) is 0 Å². The molecule has 1 aromatic heterocycles. The molecule has 1 aliphatic rings. The number of benzene rings is 4. The molecule has 6 rings (SSSR count). The van der Waals surface area contributed by atoms with Crippen LogP contribution < -0.4 is 5.46 Å². The summed E-state index contributed by atoms with van der Waals surface area (Å²) in [7, 11) is -0.417. The molecule has 0 atom stereocenters. The first kappa shape index (κ1) is 19.6. The van der Waals surface area contributed by atoms with Gasteiger partial charge in [0.25, 0.3) is 0 Å². The van der Waals surface area contributed by atoms with Crippen molar-refractivity contribution in [2.45, 2.75) is 38.9 Å². The van der Waals surface area contributed by atoms with Gasteiger partial charge in [-0.1, -0.05) is 54.6 Å². The fourth-order valence-corrected chi connectivity index (χ4v) is 4.58. The van der Waals surface area contributed by atoms with Crippen molar-refractivity contribution in [3.63, 3.8) is 0 Å². The van der Waals surface area contributed by atoms with Gasteiger partial charge in [0.15, 0.2) is 0 Å². The van der Waals surface area contributed by atoms with Crippen molar-refractivity contribution in [3.05, 3.63) is 78.9 Å². The van der Waals surface area contributed by atoms with Gasteiger partial charge in [-0.25, -0.2) is 0 Å². The van der Waals surface area contributed by atoms with E-state index in [1.165, 1.54) is 5.39 Å². The Hall–Kier alpha value is -3.08. The van der Waals surface area contributed by atoms with Gasteiger partial charge >= 0.3 is 7.12 Å². The fraction of sp³-hybridized carbons (Fsp3) is 0.214. The summed E-state index contributed by atoms with van der Waals surface area (Å²) in [5.74, 6) is 0. The molecule has 4 heteroatoms. The van der Waals surface area contributed by atoms with Crippen LogP contribution in [-0.2, 0) is 9.31 Å². The van der Waals surface area contributed by atoms with Crippen LogP contribution in [0.25, 0.3) is 43.8 Å². The van der Waals surface area contributed by atoms with Crippen molar-refractivity contribution < 1.29 is 13.7 Å². The lowest BCUT2D eigenvalue weighted by Gasteiger charge is -2.32. The third kappa shape index (κ3) is 2.91. The van der Waals surface area contributed by atoms with E-state index in [0.29, 0.717) is 0 Å². The maximum Gasteiger partial charge on any atom is 0.495 e. The van der Waals surface area contributed by atoms with Gasteiger partial charge < -0.3 is 13.7 Å². The third-order valence-corrected chi connectivity index (χ3v) is 7.11. The van der Waals surface area contributed by atoms with E-state index >= 15 is 0 Å². The van der Waals surface area contributed by atoms with Gasteiger partial charge in [0, 0.05) is 10.8 Å². The highest BCUT2D eigenvalue weighted by molar-refractivity contribution is 6.65. The zero-order valence-electron chi connectivity index (χ0n) is 18.8. The van der Waals surface area contributed by atoms with Crippen LogP contribution in [0.5, 0.6) is 0 Å². The smallest absolute Gasteiger partial charge is 0.456 e. The van der Waals surface area contributed by atoms with E-state index in [9.17, 15) is 0 Å². The van der Waals surface area contributed by atoms with E-state index in [1.54, 1.807) is 0 Å². The van der Waals surface area contributed by atoms with Crippen LogP contribution in [0.4, 0.5) is 0 Å². The Morgan fingerprint density at radius 2 is 1.25 bits per heavy atom. The lowest BCUT2D eigenvalue weighted by Crippen LogP contribution is -2.41. The van der Waals surface area contributed by atoms with Gasteiger partial charge in [-0.2, -0.15) is 0 Å². The molecule has 1 fully saturated rings. The second-order valence-electron chi connectivity index (χ2n) is 9.68. The molecular weight excluding hydrogens is 395 g/mol. The number of fused-ring (bicyclic) bond motifs is 4. The molecule has 3 nitrogen and oxygen atoms in total. The van der Waals surface area contributed by atoms with Gasteiger partial charge in [-0.15, -0.1) is 0 Å². The molecule has 0 saturated carbocycles. The van der Waals surface area contributed by atoms with Crippen LogP contribution >= 0.6 is 0 Å². The molecule has 2 heterocycles. The lowest BCUT2D eigenvalue weighted by molar-refractivity contribution is 0.00578. The number of rotatable bonds is 2. The normalized spacial score (nSPS) is 17.6. The zero-order valence-corrected chi connectivity index (χ0v) is 18.8. The number of hydrogen-bond donors (Lipinski definition) is 0. The van der Waals surface area contributed by atoms with Gasteiger partial charge in [0.05, 0.1) is 11.2 Å². The minimum atomic E-state index is -0.417. The number of furan rings is 1. The minimum Gasteiger partial charge on any atom is -0.456 e. The van der Waals surface area contributed by atoms with Crippen LogP contribution in [-0.4, -0.2) is 18.3 Å². The minimum absolute atomic E-state index is 0.387. The molecule has 4 aromatic carbocycles. The van der Waals surface area contributed by atoms with Crippen molar-refractivity contribution in [1.82, 2.24) is 0 Å². The Bertz CT molecular complexity index is 1480. The first-order valence-electron chi connectivity index (χ1n) is 11.1. The fourth-order valence-electron chi connectivity index (χ4n) is 4.58. The average Bonchev–Trinajstić information content (AvgIpc) is 3.25. The Labute approximate surface area is 188 Å². The SMILES string of the molecule is CC1(C)OB(c2cc(-c3ccc4c(c3)oc3ccccc34)cc3ccccc23)OC1(C)C. The standard InChI is InChI=1S/C28H25BO3/c1-27(2)28(3,4)32-29(31-27)24-16-20(15-19-9-5-6-10-21(19)24)18-13-14-23-22-11-7-8-12-25(22)30-26(23)17-18/h5-17H,1-4H3. The van der Waals surface area contributed by atoms with Gasteiger partial charge in [-0.05, 0) is 79.3 Å². The Kier molecular flexibility index (Phi) is 4.11. The van der Waals surface area contributed by atoms with Crippen molar-refractivity contribution in [2.75, 3.05) is 0 Å². The van der Waals surface area contributed by atoms with Gasteiger partial charge in [0.2, 0.25) is 0 Å². The molecular formula is C28H25BO3. The Balaban J connectivity index is 1.52. The quantitative estimate of drug-likeness (QED) is 0.298. The molecule has 1 saturated heterocycles. The maximum atomic E-state index is 6.42. The zero-order chi connectivity index (χ0) is 22.1. The van der Waals surface area contributed by atoms with E-state index < -0.39 is 7.12 Å². The topological polar surface area (TPSA) is 31.6 Å². The summed E-state index contributed by atoms with van der Waals surface area (Å²) in [6, 6.07) is 27.5. The van der Waals surface area contributed by atoms with Crippen molar-refractivity contribution in [2.24, 2.45) is 0 Å². The summed E-state index contributed by atoms with van der Waals surface area (Å²) < 4.78 is 19.0. The van der Waals surface area contributed by atoms with E-state index in [0.717, 1.165) is 43.9 Å².